The number of thiazole rings is 1. The fourth-order valence-corrected chi connectivity index (χ4v) is 5.71. The minimum atomic E-state index is -0.280. The van der Waals surface area contributed by atoms with Gasteiger partial charge in [0.15, 0.2) is 0 Å². The Bertz CT molecular complexity index is 1090. The highest BCUT2D eigenvalue weighted by Crippen LogP contribution is 2.35. The first-order chi connectivity index (χ1) is 15.1. The molecule has 0 radical (unpaired) electrons. The third kappa shape index (κ3) is 3.90. The van der Waals surface area contributed by atoms with Gasteiger partial charge in [-0.2, -0.15) is 0 Å². The Kier molecular flexibility index (Phi) is 5.36. The maximum atomic E-state index is 13.1. The summed E-state index contributed by atoms with van der Waals surface area (Å²) in [6.45, 7) is 1.88. The normalized spacial score (nSPS) is 19.9. The number of ether oxygens (including phenoxy) is 1. The molecule has 3 aromatic rings. The Labute approximate surface area is 185 Å². The summed E-state index contributed by atoms with van der Waals surface area (Å²) in [7, 11) is 1.61. The average Bonchev–Trinajstić information content (AvgIpc) is 3.42. The Balaban J connectivity index is 1.22. The molecule has 1 atom stereocenters. The van der Waals surface area contributed by atoms with E-state index in [4.69, 9.17) is 9.72 Å². The number of hydrogen-bond acceptors (Lipinski definition) is 5. The van der Waals surface area contributed by atoms with Gasteiger partial charge in [-0.3, -0.25) is 9.59 Å². The molecule has 2 aliphatic heterocycles. The van der Waals surface area contributed by atoms with Crippen molar-refractivity contribution < 1.29 is 14.3 Å². The van der Waals surface area contributed by atoms with E-state index >= 15 is 0 Å². The lowest BCUT2D eigenvalue weighted by molar-refractivity contribution is -0.136. The highest BCUT2D eigenvalue weighted by Gasteiger charge is 2.38. The standard InChI is InChI=1S/C24H25N3O3S/c1-30-19-6-4-5-18(14-19)27-15-17(13-22(27)28)24(29)26-11-9-16(10-12-26)23-25-20-7-2-3-8-21(20)31-23/h2-8,14,16-17H,9-13,15H2,1H3. The van der Waals surface area contributed by atoms with Crippen LogP contribution in [0.4, 0.5) is 5.69 Å². The maximum absolute atomic E-state index is 13.1. The van der Waals surface area contributed by atoms with E-state index in [-0.39, 0.29) is 24.2 Å². The number of carbonyl (C=O) groups is 2. The van der Waals surface area contributed by atoms with E-state index in [2.05, 4.69) is 12.1 Å². The molecule has 2 aromatic carbocycles. The Morgan fingerprint density at radius 2 is 1.94 bits per heavy atom. The summed E-state index contributed by atoms with van der Waals surface area (Å²) in [5.41, 5.74) is 1.84. The van der Waals surface area contributed by atoms with Gasteiger partial charge in [0, 0.05) is 43.7 Å². The molecule has 2 fully saturated rings. The van der Waals surface area contributed by atoms with Gasteiger partial charge in [-0.1, -0.05) is 18.2 Å². The third-order valence-corrected chi connectivity index (χ3v) is 7.50. The van der Waals surface area contributed by atoms with Crippen LogP contribution in [-0.2, 0) is 9.59 Å². The highest BCUT2D eigenvalue weighted by atomic mass is 32.1. The lowest BCUT2D eigenvalue weighted by Gasteiger charge is -2.32. The van der Waals surface area contributed by atoms with Crippen molar-refractivity contribution in [1.82, 2.24) is 9.88 Å². The molecule has 3 heterocycles. The number of rotatable bonds is 4. The number of piperidine rings is 1. The van der Waals surface area contributed by atoms with Crippen molar-refractivity contribution in [3.05, 3.63) is 53.5 Å². The number of fused-ring (bicyclic) bond motifs is 1. The molecule has 31 heavy (non-hydrogen) atoms. The van der Waals surface area contributed by atoms with Gasteiger partial charge in [-0.15, -0.1) is 11.3 Å². The number of nitrogens with zero attached hydrogens (tertiary/aromatic N) is 3. The number of likely N-dealkylation sites (tertiary alicyclic amines) is 1. The zero-order valence-electron chi connectivity index (χ0n) is 17.5. The first-order valence-electron chi connectivity index (χ1n) is 10.7. The first-order valence-corrected chi connectivity index (χ1v) is 11.5. The van der Waals surface area contributed by atoms with E-state index in [0.717, 1.165) is 37.1 Å². The van der Waals surface area contributed by atoms with Crippen molar-refractivity contribution in [2.45, 2.75) is 25.2 Å². The topological polar surface area (TPSA) is 62.7 Å². The van der Waals surface area contributed by atoms with Crippen molar-refractivity contribution in [2.24, 2.45) is 5.92 Å². The number of hydrogen-bond donors (Lipinski definition) is 0. The van der Waals surface area contributed by atoms with Crippen LogP contribution in [0.15, 0.2) is 48.5 Å². The number of carbonyl (C=O) groups excluding carboxylic acids is 2. The number of para-hydroxylation sites is 1. The smallest absolute Gasteiger partial charge is 0.228 e. The summed E-state index contributed by atoms with van der Waals surface area (Å²) < 4.78 is 6.49. The molecule has 0 aliphatic carbocycles. The van der Waals surface area contributed by atoms with E-state index < -0.39 is 0 Å². The molecule has 0 spiro atoms. The van der Waals surface area contributed by atoms with E-state index in [1.807, 2.05) is 41.3 Å². The Morgan fingerprint density at radius 1 is 1.13 bits per heavy atom. The molecule has 6 nitrogen and oxygen atoms in total. The summed E-state index contributed by atoms with van der Waals surface area (Å²) in [5.74, 6) is 0.923. The Morgan fingerprint density at radius 3 is 2.71 bits per heavy atom. The van der Waals surface area contributed by atoms with Crippen LogP contribution in [0, 0.1) is 5.92 Å². The van der Waals surface area contributed by atoms with E-state index in [1.54, 1.807) is 23.3 Å². The summed E-state index contributed by atoms with van der Waals surface area (Å²) in [4.78, 5) is 34.2. The fraction of sp³-hybridized carbons (Fsp3) is 0.375. The predicted octanol–water partition coefficient (Wildman–Crippen LogP) is 4.06. The molecule has 0 bridgehead atoms. The van der Waals surface area contributed by atoms with Gasteiger partial charge in [0.25, 0.3) is 0 Å². The highest BCUT2D eigenvalue weighted by molar-refractivity contribution is 7.18. The summed E-state index contributed by atoms with van der Waals surface area (Å²) in [6, 6.07) is 15.7. The van der Waals surface area contributed by atoms with Gasteiger partial charge >= 0.3 is 0 Å². The molecule has 2 saturated heterocycles. The molecule has 0 N–H and O–H groups in total. The van der Waals surface area contributed by atoms with Gasteiger partial charge in [0.05, 0.1) is 28.3 Å². The van der Waals surface area contributed by atoms with Crippen LogP contribution in [0.2, 0.25) is 0 Å². The molecule has 7 heteroatoms. The minimum Gasteiger partial charge on any atom is -0.497 e. The van der Waals surface area contributed by atoms with Gasteiger partial charge in [0.2, 0.25) is 11.8 Å². The predicted molar refractivity (Wildman–Crippen MR) is 122 cm³/mol. The van der Waals surface area contributed by atoms with Gasteiger partial charge in [-0.25, -0.2) is 4.98 Å². The average molecular weight is 436 g/mol. The van der Waals surface area contributed by atoms with Crippen LogP contribution in [0.5, 0.6) is 5.75 Å². The maximum Gasteiger partial charge on any atom is 0.228 e. The zero-order valence-corrected chi connectivity index (χ0v) is 18.3. The monoisotopic (exact) mass is 435 g/mol. The van der Waals surface area contributed by atoms with Crippen LogP contribution in [-0.4, -0.2) is 48.4 Å². The van der Waals surface area contributed by atoms with Gasteiger partial charge in [0.1, 0.15) is 5.75 Å². The second-order valence-corrected chi connectivity index (χ2v) is 9.29. The minimum absolute atomic E-state index is 0.00374. The van der Waals surface area contributed by atoms with E-state index in [0.29, 0.717) is 18.2 Å². The van der Waals surface area contributed by atoms with Crippen LogP contribution in [0.3, 0.4) is 0 Å². The van der Waals surface area contributed by atoms with Crippen molar-refractivity contribution in [3.8, 4) is 5.75 Å². The van der Waals surface area contributed by atoms with Crippen molar-refractivity contribution >= 4 is 39.1 Å². The second-order valence-electron chi connectivity index (χ2n) is 8.23. The van der Waals surface area contributed by atoms with Crippen molar-refractivity contribution in [3.63, 3.8) is 0 Å². The summed E-state index contributed by atoms with van der Waals surface area (Å²) in [6.07, 6.45) is 2.12. The van der Waals surface area contributed by atoms with Crippen LogP contribution in [0.25, 0.3) is 10.2 Å². The second kappa shape index (κ2) is 8.30. The lowest BCUT2D eigenvalue weighted by atomic mass is 9.96. The molecule has 5 rings (SSSR count). The van der Waals surface area contributed by atoms with Crippen molar-refractivity contribution in [2.75, 3.05) is 31.6 Å². The summed E-state index contributed by atoms with van der Waals surface area (Å²) >= 11 is 1.76. The number of benzene rings is 2. The van der Waals surface area contributed by atoms with Gasteiger partial charge in [-0.05, 0) is 37.1 Å². The quantitative estimate of drug-likeness (QED) is 0.620. The largest absolute Gasteiger partial charge is 0.497 e. The molecule has 1 aromatic heterocycles. The molecule has 2 aliphatic rings. The molecule has 1 unspecified atom stereocenters. The third-order valence-electron chi connectivity index (χ3n) is 6.31. The number of methoxy groups -OCH3 is 1. The lowest BCUT2D eigenvalue weighted by Crippen LogP contribution is -2.42. The molecular weight excluding hydrogens is 410 g/mol. The number of anilines is 1. The van der Waals surface area contributed by atoms with Crippen LogP contribution in [0.1, 0.15) is 30.2 Å². The molecular formula is C24H25N3O3S. The SMILES string of the molecule is COc1cccc(N2CC(C(=O)N3CCC(c4nc5ccccc5s4)CC3)CC2=O)c1. The van der Waals surface area contributed by atoms with E-state index in [9.17, 15) is 9.59 Å². The molecule has 2 amide bonds. The first kappa shape index (κ1) is 20.0. The Hall–Kier alpha value is -2.93. The number of aromatic nitrogens is 1. The van der Waals surface area contributed by atoms with Crippen molar-refractivity contribution in [1.29, 1.82) is 0 Å². The van der Waals surface area contributed by atoms with E-state index in [1.165, 1.54) is 9.71 Å². The zero-order chi connectivity index (χ0) is 21.4. The molecule has 160 valence electrons. The van der Waals surface area contributed by atoms with Crippen LogP contribution >= 0.6 is 11.3 Å². The van der Waals surface area contributed by atoms with Crippen LogP contribution < -0.4 is 9.64 Å². The number of amides is 2. The fourth-order valence-electron chi connectivity index (χ4n) is 4.57. The van der Waals surface area contributed by atoms with Gasteiger partial charge < -0.3 is 14.5 Å². The summed E-state index contributed by atoms with van der Waals surface area (Å²) in [5, 5.41) is 1.17. The molecule has 0 saturated carbocycles.